The zero-order valence-corrected chi connectivity index (χ0v) is 17.3. The van der Waals surface area contributed by atoms with Crippen LogP contribution in [0.2, 0.25) is 25.7 Å². The molecule has 1 unspecified atom stereocenters. The molecular formula is C19H30O3SSi. The van der Waals surface area contributed by atoms with Crippen LogP contribution < -0.4 is 0 Å². The van der Waals surface area contributed by atoms with E-state index in [0.717, 1.165) is 23.8 Å². The summed E-state index contributed by atoms with van der Waals surface area (Å²) >= 11 is 0. The Bertz CT molecular complexity index is 592. The van der Waals surface area contributed by atoms with Crippen molar-refractivity contribution >= 4 is 24.8 Å². The molecule has 5 heteroatoms. The van der Waals surface area contributed by atoms with E-state index in [-0.39, 0.29) is 23.1 Å². The Hall–Kier alpha value is -0.943. The molecule has 0 heterocycles. The van der Waals surface area contributed by atoms with Crippen LogP contribution in [0.1, 0.15) is 25.3 Å². The van der Waals surface area contributed by atoms with Gasteiger partial charge in [-0.1, -0.05) is 37.3 Å². The molecule has 24 heavy (non-hydrogen) atoms. The number of hydrogen-bond acceptors (Lipinski definition) is 3. The molecule has 0 N–H and O–H groups in total. The van der Waals surface area contributed by atoms with Crippen molar-refractivity contribution in [3.05, 3.63) is 29.8 Å². The van der Waals surface area contributed by atoms with Gasteiger partial charge in [-0.05, 0) is 50.8 Å². The second-order valence-electron chi connectivity index (χ2n) is 8.01. The largest absolute Gasteiger partial charge is 0.466 e. The predicted octanol–water partition coefficient (Wildman–Crippen LogP) is 4.40. The molecule has 134 valence electrons. The molecule has 0 aliphatic heterocycles. The van der Waals surface area contributed by atoms with Crippen LogP contribution in [0.5, 0.6) is 0 Å². The Balaban J connectivity index is 2.23. The minimum atomic E-state index is -1.40. The summed E-state index contributed by atoms with van der Waals surface area (Å²) in [5.74, 6) is 0.0221. The Morgan fingerprint density at radius 3 is 2.33 bits per heavy atom. The number of esters is 1. The molecule has 1 aromatic carbocycles. The Labute approximate surface area is 149 Å². The highest BCUT2D eigenvalue weighted by Crippen LogP contribution is 2.43. The molecule has 0 bridgehead atoms. The summed E-state index contributed by atoms with van der Waals surface area (Å²) in [6.45, 7) is 11.2. The Morgan fingerprint density at radius 1 is 1.25 bits per heavy atom. The van der Waals surface area contributed by atoms with Gasteiger partial charge in [-0.25, -0.2) is 0 Å². The minimum absolute atomic E-state index is 0.0579. The van der Waals surface area contributed by atoms with E-state index in [4.69, 9.17) is 4.74 Å². The lowest BCUT2D eigenvalue weighted by Crippen LogP contribution is -2.45. The Morgan fingerprint density at radius 2 is 1.88 bits per heavy atom. The molecular weight excluding hydrogens is 336 g/mol. The zero-order valence-electron chi connectivity index (χ0n) is 15.5. The van der Waals surface area contributed by atoms with Gasteiger partial charge in [0.15, 0.2) is 0 Å². The van der Waals surface area contributed by atoms with Crippen molar-refractivity contribution in [1.29, 1.82) is 0 Å². The maximum absolute atomic E-state index is 13.3. The van der Waals surface area contributed by atoms with Crippen molar-refractivity contribution in [2.24, 2.45) is 11.8 Å². The molecule has 1 aliphatic carbocycles. The first kappa shape index (κ1) is 19.4. The van der Waals surface area contributed by atoms with Crippen LogP contribution in [-0.4, -0.2) is 30.1 Å². The van der Waals surface area contributed by atoms with Gasteiger partial charge in [0.05, 0.1) is 23.3 Å². The van der Waals surface area contributed by atoms with Crippen LogP contribution in [0.25, 0.3) is 0 Å². The second-order valence-corrected chi connectivity index (χ2v) is 15.2. The summed E-state index contributed by atoms with van der Waals surface area (Å²) in [5, 5.41) is 0.0579. The fourth-order valence-corrected chi connectivity index (χ4v) is 8.36. The first-order valence-electron chi connectivity index (χ1n) is 8.87. The molecule has 1 aromatic rings. The maximum Gasteiger partial charge on any atom is 0.309 e. The van der Waals surface area contributed by atoms with Gasteiger partial charge in [0.25, 0.3) is 0 Å². The van der Waals surface area contributed by atoms with Gasteiger partial charge in [0, 0.05) is 18.2 Å². The third-order valence-electron chi connectivity index (χ3n) is 4.74. The highest BCUT2D eigenvalue weighted by molar-refractivity contribution is 7.85. The number of ether oxygens (including phenoxy) is 1. The summed E-state index contributed by atoms with van der Waals surface area (Å²) in [4.78, 5) is 13.1. The smallest absolute Gasteiger partial charge is 0.309 e. The molecule has 0 spiro atoms. The molecule has 3 nitrogen and oxygen atoms in total. The molecule has 0 radical (unpaired) electrons. The molecule has 4 atom stereocenters. The standard InChI is InChI=1S/C19H30O3SSi/c1-6-22-19(20)17-12-11-16(17)18(13-24(3,4)5)23(21)15-9-7-14(2)8-10-15/h7-10,16-18H,6,11-13H2,1-5H3/t16-,17+,18-,23?/m0/s1. The average molecular weight is 367 g/mol. The van der Waals surface area contributed by atoms with Crippen molar-refractivity contribution < 1.29 is 13.7 Å². The highest BCUT2D eigenvalue weighted by Gasteiger charge is 2.45. The highest BCUT2D eigenvalue weighted by atomic mass is 32.2. The fraction of sp³-hybridized carbons (Fsp3) is 0.632. The van der Waals surface area contributed by atoms with Crippen molar-refractivity contribution in [1.82, 2.24) is 0 Å². The number of rotatable bonds is 7. The third kappa shape index (κ3) is 4.79. The predicted molar refractivity (Wildman–Crippen MR) is 102 cm³/mol. The molecule has 0 amide bonds. The number of carbonyl (C=O) groups excluding carboxylic acids is 1. The summed E-state index contributed by atoms with van der Waals surface area (Å²) in [6.07, 6.45) is 1.85. The van der Waals surface area contributed by atoms with Crippen LogP contribution in [0.15, 0.2) is 29.2 Å². The van der Waals surface area contributed by atoms with E-state index in [2.05, 4.69) is 19.6 Å². The lowest BCUT2D eigenvalue weighted by Gasteiger charge is -2.41. The summed E-state index contributed by atoms with van der Waals surface area (Å²) in [6, 6.07) is 8.96. The van der Waals surface area contributed by atoms with E-state index in [0.29, 0.717) is 6.61 Å². The topological polar surface area (TPSA) is 43.4 Å². The molecule has 2 rings (SSSR count). The van der Waals surface area contributed by atoms with E-state index in [9.17, 15) is 9.00 Å². The molecule has 1 aliphatic rings. The average Bonchev–Trinajstić information content (AvgIpc) is 2.44. The van der Waals surface area contributed by atoms with Gasteiger partial charge in [-0.15, -0.1) is 0 Å². The molecule has 1 saturated carbocycles. The van der Waals surface area contributed by atoms with E-state index in [1.807, 2.05) is 38.1 Å². The van der Waals surface area contributed by atoms with Crippen molar-refractivity contribution in [3.63, 3.8) is 0 Å². The summed E-state index contributed by atoms with van der Waals surface area (Å²) in [5.41, 5.74) is 1.17. The van der Waals surface area contributed by atoms with E-state index >= 15 is 0 Å². The van der Waals surface area contributed by atoms with E-state index in [1.54, 1.807) is 0 Å². The number of benzene rings is 1. The first-order valence-corrected chi connectivity index (χ1v) is 13.8. The van der Waals surface area contributed by atoms with E-state index < -0.39 is 18.9 Å². The monoisotopic (exact) mass is 366 g/mol. The van der Waals surface area contributed by atoms with Crippen LogP contribution >= 0.6 is 0 Å². The Kier molecular flexibility index (Phi) is 6.43. The molecule has 0 saturated heterocycles. The van der Waals surface area contributed by atoms with Gasteiger partial charge in [0.2, 0.25) is 0 Å². The molecule has 0 aromatic heterocycles. The SMILES string of the molecule is CCOC(=O)[C@@H]1CC[C@@H]1[C@H](C[Si](C)(C)C)S(=O)c1ccc(C)cc1. The van der Waals surface area contributed by atoms with Crippen molar-refractivity contribution in [2.45, 2.75) is 62.5 Å². The van der Waals surface area contributed by atoms with Gasteiger partial charge in [-0.3, -0.25) is 9.00 Å². The number of aryl methyl sites for hydroxylation is 1. The fourth-order valence-electron chi connectivity index (χ4n) is 3.35. The second kappa shape index (κ2) is 7.96. The van der Waals surface area contributed by atoms with Crippen LogP contribution in [0.4, 0.5) is 0 Å². The zero-order chi connectivity index (χ0) is 17.9. The van der Waals surface area contributed by atoms with Gasteiger partial charge < -0.3 is 4.74 Å². The van der Waals surface area contributed by atoms with Crippen molar-refractivity contribution in [2.75, 3.05) is 6.61 Å². The third-order valence-corrected chi connectivity index (χ3v) is 8.50. The van der Waals surface area contributed by atoms with Crippen LogP contribution in [0.3, 0.4) is 0 Å². The number of carbonyl (C=O) groups is 1. The van der Waals surface area contributed by atoms with E-state index in [1.165, 1.54) is 5.56 Å². The normalized spacial score (nSPS) is 23.2. The quantitative estimate of drug-likeness (QED) is 0.531. The number of hydrogen-bond donors (Lipinski definition) is 0. The maximum atomic E-state index is 13.3. The summed E-state index contributed by atoms with van der Waals surface area (Å²) < 4.78 is 18.5. The molecule has 1 fully saturated rings. The van der Waals surface area contributed by atoms with Gasteiger partial charge in [-0.2, -0.15) is 0 Å². The minimum Gasteiger partial charge on any atom is -0.466 e. The van der Waals surface area contributed by atoms with Gasteiger partial charge >= 0.3 is 5.97 Å². The van der Waals surface area contributed by atoms with Gasteiger partial charge in [0.1, 0.15) is 0 Å². The van der Waals surface area contributed by atoms with Crippen LogP contribution in [0, 0.1) is 18.8 Å². The summed E-state index contributed by atoms with van der Waals surface area (Å²) in [7, 11) is -2.47. The first-order chi connectivity index (χ1) is 11.2. The lowest BCUT2D eigenvalue weighted by molar-refractivity contribution is -0.154. The van der Waals surface area contributed by atoms with Crippen LogP contribution in [-0.2, 0) is 20.3 Å². The van der Waals surface area contributed by atoms with Crippen molar-refractivity contribution in [3.8, 4) is 0 Å². The lowest BCUT2D eigenvalue weighted by atomic mass is 9.72.